The summed E-state index contributed by atoms with van der Waals surface area (Å²) in [5.41, 5.74) is 1.06. The molecule has 4 rings (SSSR count). The summed E-state index contributed by atoms with van der Waals surface area (Å²) >= 11 is 12.1. The second kappa shape index (κ2) is 7.00. The van der Waals surface area contributed by atoms with Crippen LogP contribution < -0.4 is 14.4 Å². The van der Waals surface area contributed by atoms with E-state index in [1.807, 2.05) is 0 Å². The molecular weight excluding hydrogens is 407 g/mol. The summed E-state index contributed by atoms with van der Waals surface area (Å²) in [6.07, 6.45) is -1.06. The van der Waals surface area contributed by atoms with E-state index in [-0.39, 0.29) is 10.7 Å². The van der Waals surface area contributed by atoms with Crippen LogP contribution in [0.5, 0.6) is 11.5 Å². The monoisotopic (exact) mass is 420 g/mol. The molecule has 2 aliphatic rings. The number of rotatable bonds is 4. The molecule has 2 atom stereocenters. The Balaban J connectivity index is 1.75. The number of amides is 2. The molecule has 0 saturated carbocycles. The van der Waals surface area contributed by atoms with Crippen molar-refractivity contribution in [3.8, 4) is 11.5 Å². The van der Waals surface area contributed by atoms with Gasteiger partial charge in [-0.1, -0.05) is 28.4 Å². The van der Waals surface area contributed by atoms with Gasteiger partial charge in [-0.15, -0.1) is 0 Å². The van der Waals surface area contributed by atoms with Gasteiger partial charge in [-0.2, -0.15) is 0 Å². The third-order valence-electron chi connectivity index (χ3n) is 4.65. The lowest BCUT2D eigenvalue weighted by Crippen LogP contribution is -2.33. The minimum absolute atomic E-state index is 0.187. The van der Waals surface area contributed by atoms with Crippen LogP contribution in [0.4, 0.5) is 5.69 Å². The van der Waals surface area contributed by atoms with Gasteiger partial charge in [0.1, 0.15) is 23.1 Å². The Kier molecular flexibility index (Phi) is 4.64. The van der Waals surface area contributed by atoms with Gasteiger partial charge in [-0.3, -0.25) is 9.59 Å². The number of ether oxygens (including phenoxy) is 2. The molecule has 2 heterocycles. The van der Waals surface area contributed by atoms with E-state index in [0.29, 0.717) is 27.8 Å². The predicted molar refractivity (Wildman–Crippen MR) is 103 cm³/mol. The quantitative estimate of drug-likeness (QED) is 0.709. The molecule has 0 spiro atoms. The van der Waals surface area contributed by atoms with Gasteiger partial charge in [0.2, 0.25) is 12.0 Å². The van der Waals surface area contributed by atoms with Gasteiger partial charge < -0.3 is 14.3 Å². The molecule has 0 unspecified atom stereocenters. The van der Waals surface area contributed by atoms with E-state index in [1.165, 1.54) is 26.4 Å². The first kappa shape index (κ1) is 18.6. The van der Waals surface area contributed by atoms with E-state index in [0.717, 1.165) is 4.90 Å². The van der Waals surface area contributed by atoms with Crippen molar-refractivity contribution in [2.45, 2.75) is 6.10 Å². The number of halogens is 2. The number of carbonyl (C=O) groups excluding carboxylic acids is 2. The van der Waals surface area contributed by atoms with Crippen molar-refractivity contribution in [2.24, 2.45) is 11.1 Å². The highest BCUT2D eigenvalue weighted by atomic mass is 35.5. The molecule has 28 heavy (non-hydrogen) atoms. The maximum absolute atomic E-state index is 13.2. The third kappa shape index (κ3) is 2.78. The summed E-state index contributed by atoms with van der Waals surface area (Å²) in [5.74, 6) is -0.913. The molecule has 144 valence electrons. The van der Waals surface area contributed by atoms with E-state index >= 15 is 0 Å². The molecule has 9 heteroatoms. The Labute approximate surface area is 170 Å². The highest BCUT2D eigenvalue weighted by Crippen LogP contribution is 2.40. The Morgan fingerprint density at radius 2 is 1.82 bits per heavy atom. The fourth-order valence-corrected chi connectivity index (χ4v) is 3.81. The lowest BCUT2D eigenvalue weighted by atomic mass is 9.93. The molecule has 2 amide bonds. The lowest BCUT2D eigenvalue weighted by molar-refractivity contribution is -0.126. The number of hydrogen-bond acceptors (Lipinski definition) is 6. The number of anilines is 1. The van der Waals surface area contributed by atoms with Crippen LogP contribution >= 0.6 is 23.2 Å². The van der Waals surface area contributed by atoms with E-state index in [9.17, 15) is 9.59 Å². The predicted octanol–water partition coefficient (Wildman–Crippen LogP) is 3.30. The van der Waals surface area contributed by atoms with E-state index in [2.05, 4.69) is 5.16 Å². The van der Waals surface area contributed by atoms with Crippen LogP contribution in [0.2, 0.25) is 10.0 Å². The maximum atomic E-state index is 13.2. The van der Waals surface area contributed by atoms with E-state index in [4.69, 9.17) is 37.5 Å². The molecule has 0 radical (unpaired) electrons. The average molecular weight is 421 g/mol. The molecule has 0 aromatic heterocycles. The summed E-state index contributed by atoms with van der Waals surface area (Å²) in [4.78, 5) is 32.3. The zero-order valence-electron chi connectivity index (χ0n) is 14.8. The molecule has 0 N–H and O–H groups in total. The molecule has 1 saturated heterocycles. The molecule has 7 nitrogen and oxygen atoms in total. The molecule has 0 aliphatic carbocycles. The van der Waals surface area contributed by atoms with Gasteiger partial charge in [-0.25, -0.2) is 4.90 Å². The lowest BCUT2D eigenvalue weighted by Gasteiger charge is -2.17. The van der Waals surface area contributed by atoms with Crippen molar-refractivity contribution in [1.29, 1.82) is 0 Å². The third-order valence-corrected chi connectivity index (χ3v) is 5.18. The van der Waals surface area contributed by atoms with Crippen molar-refractivity contribution < 1.29 is 23.9 Å². The molecular formula is C19H14Cl2N2O5. The molecule has 2 aliphatic heterocycles. The number of fused-ring (bicyclic) bond motifs is 1. The Hall–Kier alpha value is -2.77. The molecule has 2 aromatic rings. The summed E-state index contributed by atoms with van der Waals surface area (Å²) in [6, 6.07) is 9.63. The number of benzene rings is 2. The first-order valence-electron chi connectivity index (χ1n) is 8.25. The topological polar surface area (TPSA) is 77.4 Å². The highest BCUT2D eigenvalue weighted by molar-refractivity contribution is 6.40. The largest absolute Gasteiger partial charge is 0.497 e. The number of nitrogens with zero attached hydrogens (tertiary/aromatic N) is 2. The van der Waals surface area contributed by atoms with Crippen LogP contribution in [0.25, 0.3) is 0 Å². The Morgan fingerprint density at radius 1 is 1.04 bits per heavy atom. The Morgan fingerprint density at radius 3 is 2.50 bits per heavy atom. The number of imide groups is 1. The van der Waals surface area contributed by atoms with Gasteiger partial charge in [0, 0.05) is 10.6 Å². The molecule has 2 aromatic carbocycles. The van der Waals surface area contributed by atoms with Gasteiger partial charge in [0.15, 0.2) is 0 Å². The zero-order valence-corrected chi connectivity index (χ0v) is 16.3. The second-order valence-corrected chi connectivity index (χ2v) is 7.00. The minimum Gasteiger partial charge on any atom is -0.497 e. The first-order valence-corrected chi connectivity index (χ1v) is 9.01. The normalized spacial score (nSPS) is 20.7. The SMILES string of the molecule is COc1ccc(OC)c(C2=NO[C@@H]3C(=O)N(c4ccc(Cl)cc4Cl)C(=O)[C@H]23)c1. The number of hydrogen-bond donors (Lipinski definition) is 0. The fraction of sp³-hybridized carbons (Fsp3) is 0.211. The smallest absolute Gasteiger partial charge is 0.279 e. The molecule has 1 fully saturated rings. The number of oxime groups is 1. The van der Waals surface area contributed by atoms with Crippen LogP contribution in [0.1, 0.15) is 5.56 Å². The maximum Gasteiger partial charge on any atom is 0.279 e. The summed E-state index contributed by atoms with van der Waals surface area (Å²) in [7, 11) is 3.02. The van der Waals surface area contributed by atoms with Crippen LogP contribution in [0, 0.1) is 5.92 Å². The fourth-order valence-electron chi connectivity index (χ4n) is 3.31. The van der Waals surface area contributed by atoms with Crippen LogP contribution in [-0.2, 0) is 14.4 Å². The number of methoxy groups -OCH3 is 2. The highest BCUT2D eigenvalue weighted by Gasteiger charge is 2.56. The van der Waals surface area contributed by atoms with Crippen molar-refractivity contribution in [3.63, 3.8) is 0 Å². The van der Waals surface area contributed by atoms with E-state index < -0.39 is 23.8 Å². The Bertz CT molecular complexity index is 1020. The standard InChI is InChI=1S/C19H14Cl2N2O5/c1-26-10-4-6-14(27-2)11(8-10)16-15-17(28-22-16)19(25)23(18(15)24)13-5-3-9(20)7-12(13)21/h3-8,15,17H,1-2H3/t15-,17+/m1/s1. The van der Waals surface area contributed by atoms with Gasteiger partial charge >= 0.3 is 0 Å². The van der Waals surface area contributed by atoms with Gasteiger partial charge in [-0.05, 0) is 36.4 Å². The molecule has 0 bridgehead atoms. The number of carbonyl (C=O) groups is 2. The van der Waals surface area contributed by atoms with Crippen LogP contribution in [0.15, 0.2) is 41.6 Å². The summed E-state index contributed by atoms with van der Waals surface area (Å²) in [5, 5.41) is 4.58. The van der Waals surface area contributed by atoms with Crippen molar-refractivity contribution >= 4 is 46.4 Å². The average Bonchev–Trinajstić information content (AvgIpc) is 3.22. The van der Waals surface area contributed by atoms with Crippen LogP contribution in [-0.4, -0.2) is 37.8 Å². The van der Waals surface area contributed by atoms with E-state index in [1.54, 1.807) is 24.3 Å². The van der Waals surface area contributed by atoms with Gasteiger partial charge in [0.25, 0.3) is 5.91 Å². The first-order chi connectivity index (χ1) is 13.5. The summed E-state index contributed by atoms with van der Waals surface area (Å²) in [6.45, 7) is 0. The minimum atomic E-state index is -1.06. The van der Waals surface area contributed by atoms with Crippen molar-refractivity contribution in [2.75, 3.05) is 19.1 Å². The van der Waals surface area contributed by atoms with Crippen molar-refractivity contribution in [1.82, 2.24) is 0 Å². The summed E-state index contributed by atoms with van der Waals surface area (Å²) < 4.78 is 10.6. The second-order valence-electron chi connectivity index (χ2n) is 6.15. The van der Waals surface area contributed by atoms with Crippen LogP contribution in [0.3, 0.4) is 0 Å². The van der Waals surface area contributed by atoms with Crippen molar-refractivity contribution in [3.05, 3.63) is 52.0 Å². The van der Waals surface area contributed by atoms with Gasteiger partial charge in [0.05, 0.1) is 24.9 Å². The zero-order chi connectivity index (χ0) is 20.0.